The minimum atomic E-state index is -3.85. The van der Waals surface area contributed by atoms with Gasteiger partial charge in [0.15, 0.2) is 5.75 Å². The number of hydrogen-bond donors (Lipinski definition) is 0. The van der Waals surface area contributed by atoms with Crippen LogP contribution in [0, 0.1) is 0 Å². The second-order valence-corrected chi connectivity index (χ2v) is 12.0. The van der Waals surface area contributed by atoms with Crippen LogP contribution in [0.25, 0.3) is 10.8 Å². The Hall–Kier alpha value is -4.43. The smallest absolute Gasteiger partial charge is 0.335 e. The molecule has 0 saturated carbocycles. The van der Waals surface area contributed by atoms with Crippen LogP contribution in [0.3, 0.4) is 0 Å². The average molecular weight is 539 g/mol. The molecule has 39 heavy (non-hydrogen) atoms. The summed E-state index contributed by atoms with van der Waals surface area (Å²) in [6, 6.07) is 22.7. The molecule has 8 heteroatoms. The first kappa shape index (κ1) is 24.9. The summed E-state index contributed by atoms with van der Waals surface area (Å²) in [6.45, 7) is 7.51. The summed E-state index contributed by atoms with van der Waals surface area (Å²) >= 11 is 0. The monoisotopic (exact) mass is 538 g/mol. The normalized spacial score (nSPS) is 18.9. The van der Waals surface area contributed by atoms with Gasteiger partial charge in [0.2, 0.25) is 15.6 Å². The van der Waals surface area contributed by atoms with Crippen LogP contribution in [0.4, 0.5) is 11.4 Å². The van der Waals surface area contributed by atoms with Crippen molar-refractivity contribution in [1.29, 1.82) is 0 Å². The molecule has 2 aliphatic heterocycles. The maximum absolute atomic E-state index is 13.8. The van der Waals surface area contributed by atoms with E-state index in [1.165, 1.54) is 0 Å². The maximum Gasteiger partial charge on any atom is 0.335 e. The van der Waals surface area contributed by atoms with E-state index in [1.807, 2.05) is 56.1 Å². The molecule has 2 aliphatic rings. The minimum absolute atomic E-state index is 0.157. The van der Waals surface area contributed by atoms with E-state index in [9.17, 15) is 13.2 Å². The first-order valence-electron chi connectivity index (χ1n) is 12.4. The number of sulfone groups is 1. The van der Waals surface area contributed by atoms with Gasteiger partial charge in [-0.3, -0.25) is 4.99 Å². The first-order chi connectivity index (χ1) is 18.6. The Labute approximate surface area is 226 Å². The third-order valence-corrected chi connectivity index (χ3v) is 9.51. The van der Waals surface area contributed by atoms with Gasteiger partial charge in [-0.25, -0.2) is 13.2 Å². The summed E-state index contributed by atoms with van der Waals surface area (Å²) in [6.07, 6.45) is 2.90. The Kier molecular flexibility index (Phi) is 5.45. The fourth-order valence-corrected chi connectivity index (χ4v) is 7.07. The molecule has 6 rings (SSSR count). The van der Waals surface area contributed by atoms with E-state index in [1.54, 1.807) is 54.7 Å². The molecule has 1 atom stereocenters. The van der Waals surface area contributed by atoms with E-state index in [0.717, 1.165) is 17.3 Å². The number of carbonyl (C=O) groups is 1. The van der Waals surface area contributed by atoms with Gasteiger partial charge in [0.25, 0.3) is 0 Å². The Morgan fingerprint density at radius 1 is 1.00 bits per heavy atom. The molecule has 4 aromatic carbocycles. The molecule has 0 radical (unpaired) electrons. The molecule has 0 N–H and O–H groups in total. The SMILES string of the molecule is C=CC(=O)Oc1ccc2c(c1)C(C)(C)C1(C=Nc3c(cc(S(=O)(=O)c4ccccc4)c4ccccc34)O1)N2C. The van der Waals surface area contributed by atoms with Crippen molar-refractivity contribution in [3.05, 3.63) is 97.1 Å². The van der Waals surface area contributed by atoms with Crippen LogP contribution in [0.15, 0.2) is 106 Å². The molecule has 7 nitrogen and oxygen atoms in total. The summed E-state index contributed by atoms with van der Waals surface area (Å²) in [4.78, 5) is 19.0. The number of ether oxygens (including phenoxy) is 2. The fraction of sp³-hybridized carbons (Fsp3) is 0.161. The van der Waals surface area contributed by atoms with Crippen LogP contribution in [-0.2, 0) is 20.0 Å². The predicted octanol–water partition coefficient (Wildman–Crippen LogP) is 5.98. The fourth-order valence-electron chi connectivity index (χ4n) is 5.57. The number of likely N-dealkylation sites (N-methyl/N-ethyl adjacent to an activating group) is 1. The standard InChI is InChI=1S/C31H26N2O5S/c1-5-28(34)37-20-15-16-25-24(17-20)30(2,3)31(33(25)4)19-32-29-23-14-10-9-13-22(23)27(18-26(29)38-31)39(35,36)21-11-7-6-8-12-21/h5-19H,1H2,2-4H3. The molecule has 1 unspecified atom stereocenters. The van der Waals surface area contributed by atoms with E-state index >= 15 is 0 Å². The molecular formula is C31H26N2O5S. The molecule has 0 amide bonds. The van der Waals surface area contributed by atoms with Gasteiger partial charge in [-0.15, -0.1) is 0 Å². The van der Waals surface area contributed by atoms with Crippen molar-refractivity contribution in [3.8, 4) is 11.5 Å². The lowest BCUT2D eigenvalue weighted by molar-refractivity contribution is -0.128. The number of aliphatic imine (C=N–C) groups is 1. The Morgan fingerprint density at radius 2 is 1.69 bits per heavy atom. The van der Waals surface area contributed by atoms with Crippen LogP contribution in [0.5, 0.6) is 11.5 Å². The molecule has 1 spiro atoms. The second-order valence-electron chi connectivity index (χ2n) is 10.1. The molecule has 0 aromatic heterocycles. The lowest BCUT2D eigenvalue weighted by Gasteiger charge is -2.45. The lowest BCUT2D eigenvalue weighted by Crippen LogP contribution is -2.61. The molecule has 0 aliphatic carbocycles. The number of nitrogens with zero attached hydrogens (tertiary/aromatic N) is 2. The van der Waals surface area contributed by atoms with E-state index in [2.05, 4.69) is 6.58 Å². The van der Waals surface area contributed by atoms with E-state index in [4.69, 9.17) is 14.5 Å². The third kappa shape index (κ3) is 3.51. The quantitative estimate of drug-likeness (QED) is 0.180. The van der Waals surface area contributed by atoms with Crippen LogP contribution in [0.2, 0.25) is 0 Å². The van der Waals surface area contributed by atoms with Crippen LogP contribution in [-0.4, -0.2) is 33.4 Å². The van der Waals surface area contributed by atoms with Crippen LogP contribution >= 0.6 is 0 Å². The zero-order valence-corrected chi connectivity index (χ0v) is 22.5. The topological polar surface area (TPSA) is 85.3 Å². The highest BCUT2D eigenvalue weighted by Gasteiger charge is 2.59. The second kappa shape index (κ2) is 8.54. The highest BCUT2D eigenvalue weighted by atomic mass is 32.2. The number of esters is 1. The van der Waals surface area contributed by atoms with Gasteiger partial charge < -0.3 is 14.4 Å². The molecular weight excluding hydrogens is 512 g/mol. The predicted molar refractivity (Wildman–Crippen MR) is 151 cm³/mol. The van der Waals surface area contributed by atoms with Crippen molar-refractivity contribution in [2.45, 2.75) is 34.8 Å². The van der Waals surface area contributed by atoms with Gasteiger partial charge in [0.05, 0.1) is 21.4 Å². The number of rotatable bonds is 4. The van der Waals surface area contributed by atoms with Crippen molar-refractivity contribution in [1.82, 2.24) is 0 Å². The first-order valence-corrected chi connectivity index (χ1v) is 13.9. The summed E-state index contributed by atoms with van der Waals surface area (Å²) < 4.78 is 39.8. The third-order valence-electron chi connectivity index (χ3n) is 7.70. The van der Waals surface area contributed by atoms with Crippen molar-refractivity contribution >= 4 is 44.2 Å². The zero-order chi connectivity index (χ0) is 27.6. The van der Waals surface area contributed by atoms with Crippen molar-refractivity contribution in [2.24, 2.45) is 4.99 Å². The number of fused-ring (bicyclic) bond motifs is 4. The Balaban J connectivity index is 1.51. The van der Waals surface area contributed by atoms with E-state index < -0.39 is 26.9 Å². The number of benzene rings is 4. The Morgan fingerprint density at radius 3 is 2.41 bits per heavy atom. The van der Waals surface area contributed by atoms with Crippen molar-refractivity contribution in [2.75, 3.05) is 11.9 Å². The highest BCUT2D eigenvalue weighted by Crippen LogP contribution is 2.55. The van der Waals surface area contributed by atoms with E-state index in [-0.39, 0.29) is 9.79 Å². The lowest BCUT2D eigenvalue weighted by atomic mass is 9.77. The van der Waals surface area contributed by atoms with Gasteiger partial charge in [0, 0.05) is 35.6 Å². The highest BCUT2D eigenvalue weighted by molar-refractivity contribution is 7.91. The van der Waals surface area contributed by atoms with Crippen molar-refractivity contribution < 1.29 is 22.7 Å². The zero-order valence-electron chi connectivity index (χ0n) is 21.7. The molecule has 0 saturated heterocycles. The number of carbonyl (C=O) groups excluding carboxylic acids is 1. The van der Waals surface area contributed by atoms with Gasteiger partial charge in [0.1, 0.15) is 11.4 Å². The molecule has 0 fully saturated rings. The van der Waals surface area contributed by atoms with Gasteiger partial charge in [-0.05, 0) is 49.7 Å². The summed E-state index contributed by atoms with van der Waals surface area (Å²) in [5.41, 5.74) is 0.612. The minimum Gasteiger partial charge on any atom is -0.459 e. The summed E-state index contributed by atoms with van der Waals surface area (Å²) in [5, 5.41) is 1.26. The average Bonchev–Trinajstić information content (AvgIpc) is 3.10. The summed E-state index contributed by atoms with van der Waals surface area (Å²) in [7, 11) is -1.95. The number of anilines is 1. The van der Waals surface area contributed by atoms with E-state index in [0.29, 0.717) is 28.0 Å². The van der Waals surface area contributed by atoms with Crippen LogP contribution < -0.4 is 14.4 Å². The molecule has 2 heterocycles. The molecule has 0 bridgehead atoms. The molecule has 4 aromatic rings. The molecule has 196 valence electrons. The van der Waals surface area contributed by atoms with Crippen LogP contribution in [0.1, 0.15) is 19.4 Å². The van der Waals surface area contributed by atoms with Gasteiger partial charge in [-0.1, -0.05) is 49.0 Å². The number of hydrogen-bond acceptors (Lipinski definition) is 7. The summed E-state index contributed by atoms with van der Waals surface area (Å²) in [5.74, 6) is 0.224. The maximum atomic E-state index is 13.8. The van der Waals surface area contributed by atoms with Crippen molar-refractivity contribution in [3.63, 3.8) is 0 Å². The van der Waals surface area contributed by atoms with Gasteiger partial charge >= 0.3 is 5.97 Å². The largest absolute Gasteiger partial charge is 0.459 e. The van der Waals surface area contributed by atoms with Gasteiger partial charge in [-0.2, -0.15) is 0 Å². The Bertz CT molecular complexity index is 1810.